The first-order valence-electron chi connectivity index (χ1n) is 7.89. The third kappa shape index (κ3) is 4.35. The SMILES string of the molecule is NC1=NC(CCc2ccc(NC(=O)N3CCOCC3)cc2)CO1. The van der Waals surface area contributed by atoms with Gasteiger partial charge in [0.25, 0.3) is 6.02 Å². The summed E-state index contributed by atoms with van der Waals surface area (Å²) >= 11 is 0. The van der Waals surface area contributed by atoms with E-state index >= 15 is 0 Å². The highest BCUT2D eigenvalue weighted by atomic mass is 16.5. The second-order valence-electron chi connectivity index (χ2n) is 5.70. The highest BCUT2D eigenvalue weighted by Crippen LogP contribution is 2.15. The smallest absolute Gasteiger partial charge is 0.321 e. The summed E-state index contributed by atoms with van der Waals surface area (Å²) in [6.45, 7) is 3.04. The Labute approximate surface area is 135 Å². The largest absolute Gasteiger partial charge is 0.463 e. The summed E-state index contributed by atoms with van der Waals surface area (Å²) in [5, 5.41) is 2.91. The number of nitrogens with one attached hydrogen (secondary N) is 1. The zero-order valence-corrected chi connectivity index (χ0v) is 13.0. The predicted octanol–water partition coefficient (Wildman–Crippen LogP) is 1.20. The van der Waals surface area contributed by atoms with Crippen molar-refractivity contribution in [3.05, 3.63) is 29.8 Å². The Bertz CT molecular complexity index is 567. The lowest BCUT2D eigenvalue weighted by molar-refractivity contribution is 0.0564. The number of nitrogens with zero attached hydrogens (tertiary/aromatic N) is 2. The Morgan fingerprint density at radius 2 is 2.04 bits per heavy atom. The van der Waals surface area contributed by atoms with Crippen LogP contribution in [0.15, 0.2) is 29.3 Å². The molecule has 0 bridgehead atoms. The zero-order chi connectivity index (χ0) is 16.1. The second kappa shape index (κ2) is 7.32. The van der Waals surface area contributed by atoms with Crippen molar-refractivity contribution in [3.8, 4) is 0 Å². The number of aryl methyl sites for hydroxylation is 1. The summed E-state index contributed by atoms with van der Waals surface area (Å²) in [5.41, 5.74) is 7.50. The van der Waals surface area contributed by atoms with Crippen molar-refractivity contribution in [2.75, 3.05) is 38.2 Å². The monoisotopic (exact) mass is 318 g/mol. The number of urea groups is 1. The summed E-state index contributed by atoms with van der Waals surface area (Å²) in [6.07, 6.45) is 1.81. The van der Waals surface area contributed by atoms with E-state index in [4.69, 9.17) is 15.2 Å². The highest BCUT2D eigenvalue weighted by molar-refractivity contribution is 5.89. The first kappa shape index (κ1) is 15.6. The molecular formula is C16H22N4O3. The van der Waals surface area contributed by atoms with Crippen LogP contribution in [0, 0.1) is 0 Å². The number of anilines is 1. The number of amides is 2. The van der Waals surface area contributed by atoms with E-state index in [0.29, 0.717) is 32.9 Å². The summed E-state index contributed by atoms with van der Waals surface area (Å²) in [7, 11) is 0. The molecule has 2 aliphatic rings. The van der Waals surface area contributed by atoms with Gasteiger partial charge in [-0.2, -0.15) is 0 Å². The van der Waals surface area contributed by atoms with Gasteiger partial charge in [0.15, 0.2) is 0 Å². The van der Waals surface area contributed by atoms with E-state index < -0.39 is 0 Å². The van der Waals surface area contributed by atoms with Crippen LogP contribution in [0.25, 0.3) is 0 Å². The number of morpholine rings is 1. The minimum Gasteiger partial charge on any atom is -0.463 e. The number of carbonyl (C=O) groups is 1. The van der Waals surface area contributed by atoms with Gasteiger partial charge in [-0.15, -0.1) is 0 Å². The number of ether oxygens (including phenoxy) is 2. The number of hydrogen-bond donors (Lipinski definition) is 2. The maximum absolute atomic E-state index is 12.1. The lowest BCUT2D eigenvalue weighted by atomic mass is 10.1. The molecule has 1 aromatic rings. The zero-order valence-electron chi connectivity index (χ0n) is 13.0. The molecule has 0 aromatic heterocycles. The predicted molar refractivity (Wildman–Crippen MR) is 87.5 cm³/mol. The fourth-order valence-corrected chi connectivity index (χ4v) is 2.64. The molecule has 7 nitrogen and oxygen atoms in total. The number of amidine groups is 1. The summed E-state index contributed by atoms with van der Waals surface area (Å²) in [6, 6.07) is 8.27. The van der Waals surface area contributed by atoms with Crippen LogP contribution in [0.1, 0.15) is 12.0 Å². The van der Waals surface area contributed by atoms with Gasteiger partial charge < -0.3 is 25.4 Å². The third-order valence-electron chi connectivity index (χ3n) is 4.00. The van der Waals surface area contributed by atoms with Crippen LogP contribution in [0.4, 0.5) is 10.5 Å². The summed E-state index contributed by atoms with van der Waals surface area (Å²) in [5.74, 6) is 0. The molecule has 2 aliphatic heterocycles. The van der Waals surface area contributed by atoms with Crippen LogP contribution in [0.2, 0.25) is 0 Å². The van der Waals surface area contributed by atoms with Crippen molar-refractivity contribution in [1.82, 2.24) is 4.90 Å². The van der Waals surface area contributed by atoms with Crippen molar-refractivity contribution in [1.29, 1.82) is 0 Å². The van der Waals surface area contributed by atoms with Gasteiger partial charge in [-0.1, -0.05) is 12.1 Å². The Balaban J connectivity index is 1.47. The van der Waals surface area contributed by atoms with Crippen molar-refractivity contribution in [3.63, 3.8) is 0 Å². The molecule has 1 atom stereocenters. The van der Waals surface area contributed by atoms with Crippen LogP contribution in [0.3, 0.4) is 0 Å². The van der Waals surface area contributed by atoms with Gasteiger partial charge in [0, 0.05) is 18.8 Å². The van der Waals surface area contributed by atoms with Crippen LogP contribution in [0.5, 0.6) is 0 Å². The lowest BCUT2D eigenvalue weighted by Crippen LogP contribution is -2.43. The lowest BCUT2D eigenvalue weighted by Gasteiger charge is -2.26. The summed E-state index contributed by atoms with van der Waals surface area (Å²) < 4.78 is 10.4. The van der Waals surface area contributed by atoms with Gasteiger partial charge in [0.05, 0.1) is 19.3 Å². The van der Waals surface area contributed by atoms with E-state index in [2.05, 4.69) is 10.3 Å². The Hall–Kier alpha value is -2.28. The van der Waals surface area contributed by atoms with Crippen molar-refractivity contribution in [2.24, 2.45) is 10.7 Å². The number of nitrogens with two attached hydrogens (primary N) is 1. The fraction of sp³-hybridized carbons (Fsp3) is 0.500. The highest BCUT2D eigenvalue weighted by Gasteiger charge is 2.17. The van der Waals surface area contributed by atoms with E-state index in [1.165, 1.54) is 5.56 Å². The van der Waals surface area contributed by atoms with Gasteiger partial charge in [0.2, 0.25) is 0 Å². The molecule has 0 radical (unpaired) electrons. The molecule has 3 N–H and O–H groups in total. The Morgan fingerprint density at radius 1 is 1.30 bits per heavy atom. The van der Waals surface area contributed by atoms with Crippen LogP contribution in [-0.2, 0) is 15.9 Å². The van der Waals surface area contributed by atoms with Crippen molar-refractivity contribution < 1.29 is 14.3 Å². The van der Waals surface area contributed by atoms with Crippen LogP contribution < -0.4 is 11.1 Å². The van der Waals surface area contributed by atoms with Crippen molar-refractivity contribution >= 4 is 17.7 Å². The fourth-order valence-electron chi connectivity index (χ4n) is 2.64. The van der Waals surface area contributed by atoms with E-state index in [1.54, 1.807) is 4.90 Å². The standard InChI is InChI=1S/C16H22N4O3/c17-15-18-14(11-23-15)6-3-12-1-4-13(5-2-12)19-16(21)20-7-9-22-10-8-20/h1-2,4-5,14H,3,6-11H2,(H2,17,18)(H,19,21). The molecule has 124 valence electrons. The van der Waals surface area contributed by atoms with Gasteiger partial charge in [-0.25, -0.2) is 9.79 Å². The van der Waals surface area contributed by atoms with Gasteiger partial charge in [0.1, 0.15) is 6.61 Å². The number of benzene rings is 1. The molecule has 0 saturated carbocycles. The molecule has 0 aliphatic carbocycles. The minimum atomic E-state index is -0.0750. The average molecular weight is 318 g/mol. The van der Waals surface area contributed by atoms with E-state index in [9.17, 15) is 4.79 Å². The molecule has 2 amide bonds. The number of rotatable bonds is 4. The first-order chi connectivity index (χ1) is 11.2. The van der Waals surface area contributed by atoms with Gasteiger partial charge >= 0.3 is 6.03 Å². The van der Waals surface area contributed by atoms with Gasteiger partial charge in [-0.3, -0.25) is 0 Å². The molecule has 23 heavy (non-hydrogen) atoms. The van der Waals surface area contributed by atoms with Crippen LogP contribution in [-0.4, -0.2) is 55.9 Å². The van der Waals surface area contributed by atoms with Crippen LogP contribution >= 0.6 is 0 Å². The first-order valence-corrected chi connectivity index (χ1v) is 7.89. The minimum absolute atomic E-state index is 0.0750. The normalized spacial score (nSPS) is 20.8. The quantitative estimate of drug-likeness (QED) is 0.873. The molecule has 2 heterocycles. The molecule has 7 heteroatoms. The van der Waals surface area contributed by atoms with E-state index in [0.717, 1.165) is 18.5 Å². The number of hydrogen-bond acceptors (Lipinski definition) is 5. The molecule has 0 spiro atoms. The molecule has 1 unspecified atom stereocenters. The number of carbonyl (C=O) groups excluding carboxylic acids is 1. The van der Waals surface area contributed by atoms with E-state index in [-0.39, 0.29) is 18.1 Å². The third-order valence-corrected chi connectivity index (χ3v) is 4.00. The average Bonchev–Trinajstić information content (AvgIpc) is 3.00. The Kier molecular flexibility index (Phi) is 4.97. The maximum atomic E-state index is 12.1. The van der Waals surface area contributed by atoms with Gasteiger partial charge in [-0.05, 0) is 30.5 Å². The van der Waals surface area contributed by atoms with E-state index in [1.807, 2.05) is 24.3 Å². The molecular weight excluding hydrogens is 296 g/mol. The maximum Gasteiger partial charge on any atom is 0.321 e. The summed E-state index contributed by atoms with van der Waals surface area (Å²) in [4.78, 5) is 18.1. The molecule has 1 aromatic carbocycles. The number of aliphatic imine (C=N–C) groups is 1. The molecule has 1 fully saturated rings. The molecule has 1 saturated heterocycles. The molecule has 3 rings (SSSR count). The topological polar surface area (TPSA) is 89.2 Å². The Morgan fingerprint density at radius 3 is 2.70 bits per heavy atom. The van der Waals surface area contributed by atoms with Crippen molar-refractivity contribution in [2.45, 2.75) is 18.9 Å². The second-order valence-corrected chi connectivity index (χ2v) is 5.70.